The first-order chi connectivity index (χ1) is 12.5. The van der Waals surface area contributed by atoms with Gasteiger partial charge in [-0.25, -0.2) is 4.79 Å². The molecule has 0 radical (unpaired) electrons. The number of amides is 3. The van der Waals surface area contributed by atoms with E-state index in [2.05, 4.69) is 10.6 Å². The molecule has 2 aliphatic rings. The van der Waals surface area contributed by atoms with Gasteiger partial charge >= 0.3 is 6.03 Å². The maximum atomic E-state index is 12.6. The van der Waals surface area contributed by atoms with Crippen LogP contribution in [0.3, 0.4) is 0 Å². The Morgan fingerprint density at radius 1 is 1.08 bits per heavy atom. The second-order valence-corrected chi connectivity index (χ2v) is 7.52. The molecule has 0 bridgehead atoms. The number of hydrogen-bond donors (Lipinski definition) is 2. The van der Waals surface area contributed by atoms with Gasteiger partial charge in [-0.2, -0.15) is 0 Å². The van der Waals surface area contributed by atoms with Gasteiger partial charge in [-0.15, -0.1) is 0 Å². The molecule has 3 rings (SSSR count). The van der Waals surface area contributed by atoms with Gasteiger partial charge < -0.3 is 20.3 Å². The van der Waals surface area contributed by atoms with Crippen LogP contribution in [0.1, 0.15) is 49.0 Å². The predicted molar refractivity (Wildman–Crippen MR) is 99.9 cm³/mol. The minimum atomic E-state index is -0.131. The molecule has 0 aromatic heterocycles. The molecular weight excluding hydrogens is 330 g/mol. The van der Waals surface area contributed by atoms with Gasteiger partial charge in [0.1, 0.15) is 0 Å². The van der Waals surface area contributed by atoms with E-state index in [9.17, 15) is 9.59 Å². The third-order valence-electron chi connectivity index (χ3n) is 5.14. The quantitative estimate of drug-likeness (QED) is 0.849. The fraction of sp³-hybridized carbons (Fsp3) is 0.600. The predicted octanol–water partition coefficient (Wildman–Crippen LogP) is 2.54. The lowest BCUT2D eigenvalue weighted by Gasteiger charge is -2.35. The van der Waals surface area contributed by atoms with Gasteiger partial charge in [0.25, 0.3) is 5.91 Å². The smallest absolute Gasteiger partial charge is 0.315 e. The van der Waals surface area contributed by atoms with Gasteiger partial charge in [0.15, 0.2) is 0 Å². The van der Waals surface area contributed by atoms with E-state index in [0.717, 1.165) is 12.1 Å². The first-order valence-electron chi connectivity index (χ1n) is 9.56. The molecule has 2 atom stereocenters. The van der Waals surface area contributed by atoms with Crippen molar-refractivity contribution in [2.24, 2.45) is 5.92 Å². The van der Waals surface area contributed by atoms with Crippen LogP contribution in [0, 0.1) is 5.92 Å². The summed E-state index contributed by atoms with van der Waals surface area (Å²) in [5.74, 6) is 0.682. The lowest BCUT2D eigenvalue weighted by Crippen LogP contribution is -2.48. The van der Waals surface area contributed by atoms with E-state index in [1.807, 2.05) is 43.0 Å². The van der Waals surface area contributed by atoms with E-state index in [0.29, 0.717) is 31.1 Å². The molecule has 142 valence electrons. The number of urea groups is 1. The van der Waals surface area contributed by atoms with E-state index in [1.54, 1.807) is 0 Å². The molecule has 1 aliphatic carbocycles. The Kier molecular flexibility index (Phi) is 6.14. The van der Waals surface area contributed by atoms with Gasteiger partial charge in [0.05, 0.1) is 12.2 Å². The van der Waals surface area contributed by atoms with Gasteiger partial charge in [0, 0.05) is 31.7 Å². The topological polar surface area (TPSA) is 70.7 Å². The minimum absolute atomic E-state index is 0.0322. The monoisotopic (exact) mass is 359 g/mol. The van der Waals surface area contributed by atoms with E-state index in [1.165, 1.54) is 19.3 Å². The van der Waals surface area contributed by atoms with Crippen molar-refractivity contribution >= 4 is 11.9 Å². The number of carbonyl (C=O) groups is 2. The molecule has 26 heavy (non-hydrogen) atoms. The van der Waals surface area contributed by atoms with E-state index < -0.39 is 0 Å². The van der Waals surface area contributed by atoms with Crippen molar-refractivity contribution < 1.29 is 14.3 Å². The molecule has 1 aromatic carbocycles. The third-order valence-corrected chi connectivity index (χ3v) is 5.14. The van der Waals surface area contributed by atoms with Crippen molar-refractivity contribution in [1.82, 2.24) is 15.5 Å². The SMILES string of the molecule is C[C@H]1CN(C(=O)c2ccc(CNC(=O)NCC3CCC3)cc2)C[C@H](C)O1. The summed E-state index contributed by atoms with van der Waals surface area (Å²) in [6.45, 7) is 6.43. The largest absolute Gasteiger partial charge is 0.372 e. The van der Waals surface area contributed by atoms with Crippen LogP contribution >= 0.6 is 0 Å². The lowest BCUT2D eigenvalue weighted by atomic mass is 9.85. The first kappa shape index (κ1) is 18.7. The zero-order valence-corrected chi connectivity index (χ0v) is 15.7. The fourth-order valence-corrected chi connectivity index (χ4v) is 3.47. The van der Waals surface area contributed by atoms with Crippen LogP contribution in [0.4, 0.5) is 4.79 Å². The van der Waals surface area contributed by atoms with Crippen LogP contribution in [0.25, 0.3) is 0 Å². The summed E-state index contributed by atoms with van der Waals surface area (Å²) in [5.41, 5.74) is 1.65. The maximum Gasteiger partial charge on any atom is 0.315 e. The van der Waals surface area contributed by atoms with Crippen molar-refractivity contribution in [3.8, 4) is 0 Å². The molecule has 1 saturated carbocycles. The number of benzene rings is 1. The first-order valence-corrected chi connectivity index (χ1v) is 9.56. The molecule has 1 aliphatic heterocycles. The van der Waals surface area contributed by atoms with Gasteiger partial charge in [-0.05, 0) is 50.3 Å². The zero-order chi connectivity index (χ0) is 18.5. The second kappa shape index (κ2) is 8.54. The highest BCUT2D eigenvalue weighted by molar-refractivity contribution is 5.94. The van der Waals surface area contributed by atoms with Crippen LogP contribution in [0.2, 0.25) is 0 Å². The van der Waals surface area contributed by atoms with E-state index in [-0.39, 0.29) is 24.1 Å². The summed E-state index contributed by atoms with van der Waals surface area (Å²) in [5, 5.41) is 5.78. The van der Waals surface area contributed by atoms with Crippen molar-refractivity contribution in [2.45, 2.75) is 51.9 Å². The summed E-state index contributed by atoms with van der Waals surface area (Å²) in [7, 11) is 0. The van der Waals surface area contributed by atoms with E-state index in [4.69, 9.17) is 4.74 Å². The molecule has 0 unspecified atom stereocenters. The molecule has 3 amide bonds. The summed E-state index contributed by atoms with van der Waals surface area (Å²) < 4.78 is 5.68. The lowest BCUT2D eigenvalue weighted by molar-refractivity contribution is -0.0586. The third kappa shape index (κ3) is 4.97. The Labute approximate surface area is 155 Å². The normalized spacial score (nSPS) is 23.2. The van der Waals surface area contributed by atoms with Gasteiger partial charge in [0.2, 0.25) is 0 Å². The minimum Gasteiger partial charge on any atom is -0.372 e. The molecule has 1 heterocycles. The highest BCUT2D eigenvalue weighted by atomic mass is 16.5. The van der Waals surface area contributed by atoms with Crippen LogP contribution in [-0.2, 0) is 11.3 Å². The van der Waals surface area contributed by atoms with Crippen molar-refractivity contribution in [3.63, 3.8) is 0 Å². The fourth-order valence-electron chi connectivity index (χ4n) is 3.47. The van der Waals surface area contributed by atoms with Crippen molar-refractivity contribution in [2.75, 3.05) is 19.6 Å². The van der Waals surface area contributed by atoms with E-state index >= 15 is 0 Å². The number of morpholine rings is 1. The second-order valence-electron chi connectivity index (χ2n) is 7.52. The maximum absolute atomic E-state index is 12.6. The molecule has 1 saturated heterocycles. The van der Waals surface area contributed by atoms with Gasteiger partial charge in [-0.3, -0.25) is 4.79 Å². The molecular formula is C20H29N3O3. The number of hydrogen-bond acceptors (Lipinski definition) is 3. The number of ether oxygens (including phenoxy) is 1. The Morgan fingerprint density at radius 3 is 2.31 bits per heavy atom. The Bertz CT molecular complexity index is 618. The molecule has 2 fully saturated rings. The standard InChI is InChI=1S/C20H29N3O3/c1-14-12-23(13-15(2)26-14)19(24)18-8-6-17(7-9-18)11-22-20(25)21-10-16-4-3-5-16/h6-9,14-16H,3-5,10-13H2,1-2H3,(H2,21,22,25)/t14-,15-/m0/s1. The molecule has 6 heteroatoms. The average molecular weight is 359 g/mol. The molecule has 2 N–H and O–H groups in total. The summed E-state index contributed by atoms with van der Waals surface area (Å²) in [6, 6.07) is 7.32. The average Bonchev–Trinajstić information content (AvgIpc) is 2.57. The van der Waals surface area contributed by atoms with Crippen LogP contribution in [-0.4, -0.2) is 48.7 Å². The summed E-state index contributed by atoms with van der Waals surface area (Å²) in [6.07, 6.45) is 3.84. The van der Waals surface area contributed by atoms with Crippen LogP contribution in [0.15, 0.2) is 24.3 Å². The number of carbonyl (C=O) groups excluding carboxylic acids is 2. The Morgan fingerprint density at radius 2 is 1.73 bits per heavy atom. The Hall–Kier alpha value is -2.08. The van der Waals surface area contributed by atoms with Crippen LogP contribution < -0.4 is 10.6 Å². The van der Waals surface area contributed by atoms with Gasteiger partial charge in [-0.1, -0.05) is 18.6 Å². The zero-order valence-electron chi connectivity index (χ0n) is 15.7. The summed E-state index contributed by atoms with van der Waals surface area (Å²) in [4.78, 5) is 26.3. The summed E-state index contributed by atoms with van der Waals surface area (Å²) >= 11 is 0. The van der Waals surface area contributed by atoms with Crippen molar-refractivity contribution in [3.05, 3.63) is 35.4 Å². The highest BCUT2D eigenvalue weighted by Gasteiger charge is 2.26. The molecule has 1 aromatic rings. The number of nitrogens with zero attached hydrogens (tertiary/aromatic N) is 1. The Balaban J connectivity index is 1.46. The number of nitrogens with one attached hydrogen (secondary N) is 2. The number of rotatable bonds is 5. The van der Waals surface area contributed by atoms with Crippen LogP contribution in [0.5, 0.6) is 0 Å². The molecule has 0 spiro atoms. The van der Waals surface area contributed by atoms with Crippen molar-refractivity contribution in [1.29, 1.82) is 0 Å². The highest BCUT2D eigenvalue weighted by Crippen LogP contribution is 2.25. The molecule has 6 nitrogen and oxygen atoms in total.